The Labute approximate surface area is 118 Å². The van der Waals surface area contributed by atoms with E-state index >= 15 is 0 Å². The molecule has 3 rings (SSSR count). The molecule has 1 N–H and O–H groups in total. The first-order chi connectivity index (χ1) is 9.35. The fraction of sp³-hybridized carbons (Fsp3) is 0.467. The first kappa shape index (κ1) is 12.9. The molecule has 0 atom stereocenters. The van der Waals surface area contributed by atoms with E-state index in [0.717, 1.165) is 38.5 Å². The highest BCUT2D eigenvalue weighted by atomic mass is 32.1. The molecule has 2 aromatic rings. The predicted octanol–water partition coefficient (Wildman–Crippen LogP) is 3.01. The summed E-state index contributed by atoms with van der Waals surface area (Å²) in [6, 6.07) is 4.43. The fourth-order valence-corrected chi connectivity index (χ4v) is 3.42. The predicted molar refractivity (Wildman–Crippen MR) is 78.2 cm³/mol. The van der Waals surface area contributed by atoms with Crippen molar-refractivity contribution in [1.29, 1.82) is 0 Å². The summed E-state index contributed by atoms with van der Waals surface area (Å²) in [5.74, 6) is 1.08. The molecule has 0 spiro atoms. The fourth-order valence-electron chi connectivity index (χ4n) is 2.53. The van der Waals surface area contributed by atoms with E-state index in [-0.39, 0.29) is 0 Å². The van der Waals surface area contributed by atoms with Gasteiger partial charge < -0.3 is 9.73 Å². The lowest BCUT2D eigenvalue weighted by atomic mass is 10.1. The largest absolute Gasteiger partial charge is 0.468 e. The molecule has 1 aliphatic heterocycles. The first-order valence-corrected chi connectivity index (χ1v) is 7.77. The van der Waals surface area contributed by atoms with Crippen LogP contribution in [0.15, 0.2) is 28.2 Å². The third-order valence-corrected chi connectivity index (χ3v) is 4.58. The molecule has 4 heteroatoms. The van der Waals surface area contributed by atoms with Crippen molar-refractivity contribution in [1.82, 2.24) is 10.2 Å². The molecule has 0 unspecified atom stereocenters. The van der Waals surface area contributed by atoms with Gasteiger partial charge in [-0.25, -0.2) is 0 Å². The van der Waals surface area contributed by atoms with Gasteiger partial charge in [-0.05, 0) is 36.0 Å². The van der Waals surface area contributed by atoms with Gasteiger partial charge in [0.25, 0.3) is 0 Å². The number of hydrogen-bond donors (Lipinski definition) is 1. The van der Waals surface area contributed by atoms with Crippen molar-refractivity contribution in [3.8, 4) is 0 Å². The average Bonchev–Trinajstić information content (AvgIpc) is 3.05. The molecule has 0 bridgehead atoms. The summed E-state index contributed by atoms with van der Waals surface area (Å²) in [5.41, 5.74) is 2.74. The van der Waals surface area contributed by atoms with Gasteiger partial charge in [0.15, 0.2) is 0 Å². The number of nitrogens with one attached hydrogen (secondary N) is 1. The second-order valence-electron chi connectivity index (χ2n) is 5.03. The molecule has 0 radical (unpaired) electrons. The number of rotatable bonds is 5. The van der Waals surface area contributed by atoms with Crippen LogP contribution >= 0.6 is 11.3 Å². The highest BCUT2D eigenvalue weighted by Crippen LogP contribution is 2.25. The maximum absolute atomic E-state index is 5.65. The molecular weight excluding hydrogens is 256 g/mol. The topological polar surface area (TPSA) is 28.4 Å². The number of nitrogens with zero attached hydrogens (tertiary/aromatic N) is 1. The van der Waals surface area contributed by atoms with Crippen molar-refractivity contribution in [3.63, 3.8) is 0 Å². The Morgan fingerprint density at radius 3 is 3.32 bits per heavy atom. The summed E-state index contributed by atoms with van der Waals surface area (Å²) >= 11 is 1.89. The first-order valence-electron chi connectivity index (χ1n) is 6.89. The zero-order valence-electron chi connectivity index (χ0n) is 11.3. The van der Waals surface area contributed by atoms with Gasteiger partial charge in [-0.15, -0.1) is 11.3 Å². The van der Waals surface area contributed by atoms with E-state index in [1.807, 2.05) is 17.6 Å². The molecule has 1 aliphatic rings. The summed E-state index contributed by atoms with van der Waals surface area (Å²) in [4.78, 5) is 4.02. The van der Waals surface area contributed by atoms with Crippen molar-refractivity contribution >= 4 is 11.3 Å². The lowest BCUT2D eigenvalue weighted by Crippen LogP contribution is -2.28. The molecule has 2 aromatic heterocycles. The molecule has 0 saturated carbocycles. The minimum atomic E-state index is 0.897. The number of fused-ring (bicyclic) bond motifs is 1. The van der Waals surface area contributed by atoms with Crippen molar-refractivity contribution in [2.45, 2.75) is 33.0 Å². The maximum atomic E-state index is 5.65. The standard InChI is InChI=1S/C15H20N2OS/c1-2-16-8-12-7-14(18-11-12)10-17-5-3-15-13(9-17)4-6-19-15/h4,6-7,11,16H,2-3,5,8-10H2,1H3. The van der Waals surface area contributed by atoms with Crippen LogP contribution in [-0.2, 0) is 26.1 Å². The Balaban J connectivity index is 1.58. The molecule has 3 nitrogen and oxygen atoms in total. The van der Waals surface area contributed by atoms with Crippen LogP contribution in [0.2, 0.25) is 0 Å². The summed E-state index contributed by atoms with van der Waals surface area (Å²) in [6.45, 7) is 7.12. The molecule has 19 heavy (non-hydrogen) atoms. The smallest absolute Gasteiger partial charge is 0.118 e. The summed E-state index contributed by atoms with van der Waals surface area (Å²) in [5, 5.41) is 5.52. The van der Waals surface area contributed by atoms with Crippen LogP contribution in [0.3, 0.4) is 0 Å². The van der Waals surface area contributed by atoms with E-state index in [0.29, 0.717) is 0 Å². The van der Waals surface area contributed by atoms with Crippen LogP contribution < -0.4 is 5.32 Å². The van der Waals surface area contributed by atoms with Crippen LogP contribution in [0.4, 0.5) is 0 Å². The molecule has 3 heterocycles. The van der Waals surface area contributed by atoms with Gasteiger partial charge in [-0.2, -0.15) is 0 Å². The lowest BCUT2D eigenvalue weighted by Gasteiger charge is -2.25. The molecule has 102 valence electrons. The van der Waals surface area contributed by atoms with Crippen molar-refractivity contribution in [2.24, 2.45) is 0 Å². The second kappa shape index (κ2) is 5.90. The third kappa shape index (κ3) is 3.08. The third-order valence-electron chi connectivity index (χ3n) is 3.55. The van der Waals surface area contributed by atoms with Crippen molar-refractivity contribution < 1.29 is 4.42 Å². The van der Waals surface area contributed by atoms with Gasteiger partial charge in [-0.3, -0.25) is 4.90 Å². The Kier molecular flexibility index (Phi) is 4.01. The highest BCUT2D eigenvalue weighted by molar-refractivity contribution is 7.10. The Hall–Kier alpha value is -1.10. The van der Waals surface area contributed by atoms with Gasteiger partial charge in [0.2, 0.25) is 0 Å². The number of thiophene rings is 1. The Morgan fingerprint density at radius 1 is 1.47 bits per heavy atom. The second-order valence-corrected chi connectivity index (χ2v) is 6.03. The molecular formula is C15H20N2OS. The van der Waals surface area contributed by atoms with Gasteiger partial charge in [0.1, 0.15) is 5.76 Å². The van der Waals surface area contributed by atoms with E-state index in [1.54, 1.807) is 4.88 Å². The summed E-state index contributed by atoms with van der Waals surface area (Å²) in [6.07, 6.45) is 3.05. The van der Waals surface area contributed by atoms with Gasteiger partial charge >= 0.3 is 0 Å². The van der Waals surface area contributed by atoms with Gasteiger partial charge in [0, 0.05) is 30.1 Å². The van der Waals surface area contributed by atoms with Crippen LogP contribution in [0, 0.1) is 0 Å². The van der Waals surface area contributed by atoms with E-state index in [2.05, 4.69) is 34.7 Å². The van der Waals surface area contributed by atoms with Crippen molar-refractivity contribution in [2.75, 3.05) is 13.1 Å². The van der Waals surface area contributed by atoms with E-state index < -0.39 is 0 Å². The molecule has 0 aliphatic carbocycles. The number of furan rings is 1. The Bertz CT molecular complexity index is 532. The average molecular weight is 276 g/mol. The summed E-state index contributed by atoms with van der Waals surface area (Å²) in [7, 11) is 0. The van der Waals surface area contributed by atoms with Crippen LogP contribution in [-0.4, -0.2) is 18.0 Å². The zero-order chi connectivity index (χ0) is 13.1. The zero-order valence-corrected chi connectivity index (χ0v) is 12.1. The minimum Gasteiger partial charge on any atom is -0.468 e. The van der Waals surface area contributed by atoms with E-state index in [1.165, 1.54) is 17.5 Å². The maximum Gasteiger partial charge on any atom is 0.118 e. The van der Waals surface area contributed by atoms with Crippen molar-refractivity contribution in [3.05, 3.63) is 45.5 Å². The SMILES string of the molecule is CCNCc1coc(CN2CCc3sccc3C2)c1. The number of hydrogen-bond acceptors (Lipinski definition) is 4. The molecule has 0 amide bonds. The quantitative estimate of drug-likeness (QED) is 0.910. The molecule has 0 saturated heterocycles. The normalized spacial score (nSPS) is 15.6. The van der Waals surface area contributed by atoms with Crippen LogP contribution in [0.25, 0.3) is 0 Å². The van der Waals surface area contributed by atoms with Crippen LogP contribution in [0.5, 0.6) is 0 Å². The molecule has 0 fully saturated rings. The van der Waals surface area contributed by atoms with E-state index in [9.17, 15) is 0 Å². The minimum absolute atomic E-state index is 0.897. The summed E-state index contributed by atoms with van der Waals surface area (Å²) < 4.78 is 5.65. The van der Waals surface area contributed by atoms with Gasteiger partial charge in [-0.1, -0.05) is 6.92 Å². The lowest BCUT2D eigenvalue weighted by molar-refractivity contribution is 0.227. The monoisotopic (exact) mass is 276 g/mol. The Morgan fingerprint density at radius 2 is 2.42 bits per heavy atom. The highest BCUT2D eigenvalue weighted by Gasteiger charge is 2.18. The van der Waals surface area contributed by atoms with E-state index in [4.69, 9.17) is 4.42 Å². The van der Waals surface area contributed by atoms with Crippen LogP contribution in [0.1, 0.15) is 28.7 Å². The molecule has 0 aromatic carbocycles. The van der Waals surface area contributed by atoms with Gasteiger partial charge in [0.05, 0.1) is 12.8 Å².